The van der Waals surface area contributed by atoms with Gasteiger partial charge in [0.25, 0.3) is 0 Å². The molecule has 4 nitrogen and oxygen atoms in total. The number of rotatable bonds is 2. The first-order chi connectivity index (χ1) is 7.11. The molecule has 0 saturated heterocycles. The number of hydrogen-bond donors (Lipinski definition) is 1. The van der Waals surface area contributed by atoms with Gasteiger partial charge in [0.05, 0.1) is 17.9 Å². The number of nitrogens with zero attached hydrogens (tertiary/aromatic N) is 1. The van der Waals surface area contributed by atoms with Crippen molar-refractivity contribution in [3.8, 4) is 0 Å². The minimum atomic E-state index is -0.307. The summed E-state index contributed by atoms with van der Waals surface area (Å²) in [7, 11) is 0. The van der Waals surface area contributed by atoms with Gasteiger partial charge in [-0.25, -0.2) is 10.6 Å². The zero-order valence-corrected chi connectivity index (χ0v) is 9.28. The van der Waals surface area contributed by atoms with Crippen molar-refractivity contribution in [2.75, 3.05) is 6.61 Å². The van der Waals surface area contributed by atoms with Crippen LogP contribution in [0.25, 0.3) is 0 Å². The van der Waals surface area contributed by atoms with E-state index in [1.807, 2.05) is 19.9 Å². The summed E-state index contributed by atoms with van der Waals surface area (Å²) in [5, 5.41) is 1.48. The van der Waals surface area contributed by atoms with Crippen molar-refractivity contribution in [2.24, 2.45) is 5.84 Å². The van der Waals surface area contributed by atoms with Crippen molar-refractivity contribution >= 4 is 5.97 Å². The van der Waals surface area contributed by atoms with Crippen LogP contribution in [0.15, 0.2) is 35.2 Å². The molecule has 0 aliphatic carbocycles. The lowest BCUT2D eigenvalue weighted by Gasteiger charge is -2.23. The lowest BCUT2D eigenvalue weighted by molar-refractivity contribution is -0.138. The summed E-state index contributed by atoms with van der Waals surface area (Å²) in [5.41, 5.74) is 2.22. The zero-order chi connectivity index (χ0) is 11.4. The number of carbonyl (C=O) groups excluding carboxylic acids is 1. The van der Waals surface area contributed by atoms with Crippen LogP contribution in [0.3, 0.4) is 0 Å². The second kappa shape index (κ2) is 4.79. The van der Waals surface area contributed by atoms with Gasteiger partial charge in [0, 0.05) is 6.20 Å². The number of hydrazine groups is 1. The normalized spacial score (nSPS) is 18.7. The third-order valence-corrected chi connectivity index (χ3v) is 2.24. The number of carbonyl (C=O) groups is 1. The van der Waals surface area contributed by atoms with E-state index in [4.69, 9.17) is 10.6 Å². The quantitative estimate of drug-likeness (QED) is 0.551. The van der Waals surface area contributed by atoms with E-state index in [9.17, 15) is 4.79 Å². The van der Waals surface area contributed by atoms with E-state index < -0.39 is 0 Å². The van der Waals surface area contributed by atoms with E-state index in [1.54, 1.807) is 19.2 Å². The summed E-state index contributed by atoms with van der Waals surface area (Å²) >= 11 is 0. The van der Waals surface area contributed by atoms with Crippen molar-refractivity contribution in [3.63, 3.8) is 0 Å². The summed E-state index contributed by atoms with van der Waals surface area (Å²) < 4.78 is 4.95. The average Bonchev–Trinajstić information content (AvgIpc) is 2.18. The van der Waals surface area contributed by atoms with Crippen LogP contribution < -0.4 is 5.84 Å². The third-order valence-electron chi connectivity index (χ3n) is 2.24. The van der Waals surface area contributed by atoms with E-state index in [2.05, 4.69) is 0 Å². The highest BCUT2D eigenvalue weighted by Gasteiger charge is 2.19. The SMILES string of the molecule is C/C=C1/C(C)=C(C(=O)OCC)C=CN1N. The van der Waals surface area contributed by atoms with Gasteiger partial charge in [-0.2, -0.15) is 0 Å². The summed E-state index contributed by atoms with van der Waals surface area (Å²) in [6.45, 7) is 5.89. The van der Waals surface area contributed by atoms with Crippen LogP contribution in [0.1, 0.15) is 20.8 Å². The number of esters is 1. The summed E-state index contributed by atoms with van der Waals surface area (Å²) in [6, 6.07) is 0. The van der Waals surface area contributed by atoms with Crippen LogP contribution in [0.2, 0.25) is 0 Å². The molecule has 0 aromatic carbocycles. The minimum Gasteiger partial charge on any atom is -0.462 e. The molecule has 0 saturated carbocycles. The van der Waals surface area contributed by atoms with Gasteiger partial charge in [-0.15, -0.1) is 0 Å². The summed E-state index contributed by atoms with van der Waals surface area (Å²) in [4.78, 5) is 11.6. The lowest BCUT2D eigenvalue weighted by atomic mass is 10.0. The van der Waals surface area contributed by atoms with E-state index in [0.29, 0.717) is 12.2 Å². The van der Waals surface area contributed by atoms with Crippen molar-refractivity contribution < 1.29 is 9.53 Å². The number of hydrogen-bond acceptors (Lipinski definition) is 4. The highest BCUT2D eigenvalue weighted by atomic mass is 16.5. The van der Waals surface area contributed by atoms with Gasteiger partial charge in [0.2, 0.25) is 0 Å². The molecule has 0 amide bonds. The maximum Gasteiger partial charge on any atom is 0.338 e. The van der Waals surface area contributed by atoms with E-state index in [-0.39, 0.29) is 5.97 Å². The molecule has 1 aliphatic heterocycles. The topological polar surface area (TPSA) is 55.6 Å². The molecule has 1 heterocycles. The Balaban J connectivity index is 3.03. The zero-order valence-electron chi connectivity index (χ0n) is 9.28. The Morgan fingerprint density at radius 1 is 1.67 bits per heavy atom. The van der Waals surface area contributed by atoms with Gasteiger partial charge < -0.3 is 4.74 Å². The van der Waals surface area contributed by atoms with Gasteiger partial charge in [-0.05, 0) is 32.4 Å². The molecule has 1 aliphatic rings. The smallest absolute Gasteiger partial charge is 0.338 e. The Kier molecular flexibility index (Phi) is 3.68. The molecule has 0 fully saturated rings. The first-order valence-corrected chi connectivity index (χ1v) is 4.88. The molecular formula is C11H16N2O2. The molecule has 0 radical (unpaired) electrons. The predicted octanol–water partition coefficient (Wildman–Crippen LogP) is 1.47. The monoisotopic (exact) mass is 208 g/mol. The molecule has 0 aromatic heterocycles. The van der Waals surface area contributed by atoms with Crippen molar-refractivity contribution in [1.29, 1.82) is 0 Å². The molecule has 82 valence electrons. The Bertz CT molecular complexity index is 354. The molecule has 4 heteroatoms. The Morgan fingerprint density at radius 3 is 2.87 bits per heavy atom. The van der Waals surface area contributed by atoms with E-state index >= 15 is 0 Å². The number of nitrogens with two attached hydrogens (primary N) is 1. The molecule has 0 bridgehead atoms. The van der Waals surface area contributed by atoms with Gasteiger partial charge >= 0.3 is 5.97 Å². The highest BCUT2D eigenvalue weighted by molar-refractivity contribution is 5.93. The summed E-state index contributed by atoms with van der Waals surface area (Å²) in [5.74, 6) is 5.40. The van der Waals surface area contributed by atoms with Crippen LogP contribution in [-0.2, 0) is 9.53 Å². The second-order valence-corrected chi connectivity index (χ2v) is 3.16. The Morgan fingerprint density at radius 2 is 2.33 bits per heavy atom. The average molecular weight is 208 g/mol. The van der Waals surface area contributed by atoms with Gasteiger partial charge in [0.1, 0.15) is 0 Å². The second-order valence-electron chi connectivity index (χ2n) is 3.16. The lowest BCUT2D eigenvalue weighted by Crippen LogP contribution is -2.28. The standard InChI is InChI=1S/C11H16N2O2/c1-4-10-8(3)9(6-7-13(10)12)11(14)15-5-2/h4,6-7H,5,12H2,1-3H3/b10-4-. The highest BCUT2D eigenvalue weighted by Crippen LogP contribution is 2.23. The Labute approximate surface area is 89.7 Å². The maximum absolute atomic E-state index is 11.6. The third kappa shape index (κ3) is 2.27. The first-order valence-electron chi connectivity index (χ1n) is 4.88. The Hall–Kier alpha value is -1.55. The van der Waals surface area contributed by atoms with Crippen molar-refractivity contribution in [3.05, 3.63) is 35.2 Å². The first kappa shape index (κ1) is 11.5. The number of ether oxygens (including phenoxy) is 1. The van der Waals surface area contributed by atoms with Crippen LogP contribution >= 0.6 is 0 Å². The molecule has 0 unspecified atom stereocenters. The maximum atomic E-state index is 11.6. The molecule has 15 heavy (non-hydrogen) atoms. The summed E-state index contributed by atoms with van der Waals surface area (Å²) in [6.07, 6.45) is 5.17. The number of allylic oxidation sites excluding steroid dienone is 2. The van der Waals surface area contributed by atoms with Crippen molar-refractivity contribution in [1.82, 2.24) is 5.01 Å². The molecule has 2 N–H and O–H groups in total. The van der Waals surface area contributed by atoms with Crippen LogP contribution in [0.4, 0.5) is 0 Å². The fourth-order valence-corrected chi connectivity index (χ4v) is 1.49. The molecule has 0 atom stereocenters. The van der Waals surface area contributed by atoms with Crippen LogP contribution in [-0.4, -0.2) is 17.6 Å². The minimum absolute atomic E-state index is 0.307. The van der Waals surface area contributed by atoms with E-state index in [0.717, 1.165) is 11.3 Å². The van der Waals surface area contributed by atoms with Crippen LogP contribution in [0, 0.1) is 0 Å². The van der Waals surface area contributed by atoms with Crippen molar-refractivity contribution in [2.45, 2.75) is 20.8 Å². The largest absolute Gasteiger partial charge is 0.462 e. The van der Waals surface area contributed by atoms with Gasteiger partial charge in [0.15, 0.2) is 0 Å². The van der Waals surface area contributed by atoms with E-state index in [1.165, 1.54) is 5.01 Å². The van der Waals surface area contributed by atoms with Gasteiger partial charge in [-0.1, -0.05) is 6.08 Å². The van der Waals surface area contributed by atoms with Gasteiger partial charge in [-0.3, -0.25) is 5.01 Å². The predicted molar refractivity (Wildman–Crippen MR) is 58.3 cm³/mol. The molecular weight excluding hydrogens is 192 g/mol. The van der Waals surface area contributed by atoms with Crippen LogP contribution in [0.5, 0.6) is 0 Å². The fourth-order valence-electron chi connectivity index (χ4n) is 1.49. The molecule has 1 rings (SSSR count). The molecule has 0 spiro atoms. The molecule has 0 aromatic rings. The fraction of sp³-hybridized carbons (Fsp3) is 0.364.